The first-order valence-corrected chi connectivity index (χ1v) is 2.56. The first kappa shape index (κ1) is 5.28. The van der Waals surface area contributed by atoms with Crippen LogP contribution in [0.3, 0.4) is 0 Å². The van der Waals surface area contributed by atoms with Crippen LogP contribution in [0.15, 0.2) is 0 Å². The minimum Gasteiger partial charge on any atom is -0.197 e. The number of aryl methyl sites for hydroxylation is 1. The van der Waals surface area contributed by atoms with Crippen molar-refractivity contribution < 1.29 is 0 Å². The molecule has 0 amide bonds. The van der Waals surface area contributed by atoms with E-state index >= 15 is 0 Å². The Balaban J connectivity index is 2.92. The van der Waals surface area contributed by atoms with Gasteiger partial charge in [-0.3, -0.25) is 0 Å². The zero-order valence-electron chi connectivity index (χ0n) is 4.81. The highest BCUT2D eigenvalue weighted by Crippen LogP contribution is 1.96. The largest absolute Gasteiger partial charge is 0.197 e. The van der Waals surface area contributed by atoms with Crippen LogP contribution in [0.25, 0.3) is 0 Å². The van der Waals surface area contributed by atoms with E-state index in [1.807, 2.05) is 6.92 Å². The van der Waals surface area contributed by atoms with E-state index in [1.54, 1.807) is 0 Å². The van der Waals surface area contributed by atoms with Crippen LogP contribution in [0, 0.1) is 6.92 Å². The monoisotopic (exact) mass is 110 g/mol. The van der Waals surface area contributed by atoms with Crippen molar-refractivity contribution in [3.63, 3.8) is 0 Å². The highest BCUT2D eigenvalue weighted by Gasteiger charge is 1.95. The van der Waals surface area contributed by atoms with Gasteiger partial charge in [0, 0.05) is 0 Å². The molecule has 3 nitrogen and oxygen atoms in total. The van der Waals surface area contributed by atoms with Gasteiger partial charge in [0.15, 0.2) is 0 Å². The third-order valence-corrected chi connectivity index (χ3v) is 1.04. The summed E-state index contributed by atoms with van der Waals surface area (Å²) >= 11 is 0. The van der Waals surface area contributed by atoms with Gasteiger partial charge in [0.1, 0.15) is 0 Å². The molecule has 0 aliphatic heterocycles. The van der Waals surface area contributed by atoms with Crippen molar-refractivity contribution in [1.29, 1.82) is 0 Å². The molecular weight excluding hydrogens is 102 g/mol. The zero-order valence-corrected chi connectivity index (χ0v) is 4.81. The Morgan fingerprint density at radius 2 is 2.38 bits per heavy atom. The standard InChI is InChI=1S/C5H8N3/c1-3-5-4(2)6-8-7-5/h2-3H2,1H3,(H,6,7,8). The number of H-pyrrole nitrogens is 1. The minimum atomic E-state index is 0.757. The average Bonchev–Trinajstić information content (AvgIpc) is 2.14. The van der Waals surface area contributed by atoms with E-state index in [0.717, 1.165) is 17.8 Å². The summed E-state index contributed by atoms with van der Waals surface area (Å²) < 4.78 is 0. The molecule has 0 fully saturated rings. The lowest BCUT2D eigenvalue weighted by molar-refractivity contribution is 0.907. The predicted octanol–water partition coefficient (Wildman–Crippen LogP) is 0.549. The predicted molar refractivity (Wildman–Crippen MR) is 30.2 cm³/mol. The van der Waals surface area contributed by atoms with Crippen molar-refractivity contribution in [2.45, 2.75) is 13.3 Å². The molecule has 0 spiro atoms. The summed E-state index contributed by atoms with van der Waals surface area (Å²) in [5, 5.41) is 10.1. The second-order valence-corrected chi connectivity index (χ2v) is 1.57. The molecule has 8 heavy (non-hydrogen) atoms. The van der Waals surface area contributed by atoms with Crippen LogP contribution in [-0.2, 0) is 6.42 Å². The third kappa shape index (κ3) is 0.710. The first-order chi connectivity index (χ1) is 3.84. The van der Waals surface area contributed by atoms with E-state index in [1.165, 1.54) is 0 Å². The molecule has 3 heteroatoms. The maximum Gasteiger partial charge on any atom is 0.0860 e. The molecule has 1 N–H and O–H groups in total. The van der Waals surface area contributed by atoms with Crippen LogP contribution in [-0.4, -0.2) is 15.4 Å². The quantitative estimate of drug-likeness (QED) is 0.573. The number of hydrogen-bond acceptors (Lipinski definition) is 2. The van der Waals surface area contributed by atoms with E-state index < -0.39 is 0 Å². The molecular formula is C5H8N3. The van der Waals surface area contributed by atoms with Gasteiger partial charge >= 0.3 is 0 Å². The molecule has 0 unspecified atom stereocenters. The van der Waals surface area contributed by atoms with Crippen molar-refractivity contribution in [2.75, 3.05) is 0 Å². The molecule has 0 saturated carbocycles. The van der Waals surface area contributed by atoms with Crippen molar-refractivity contribution >= 4 is 0 Å². The lowest BCUT2D eigenvalue weighted by Crippen LogP contribution is -1.81. The van der Waals surface area contributed by atoms with Gasteiger partial charge < -0.3 is 0 Å². The molecule has 0 aliphatic rings. The Bertz CT molecular complexity index is 168. The first-order valence-electron chi connectivity index (χ1n) is 2.56. The summed E-state index contributed by atoms with van der Waals surface area (Å²) in [6.07, 6.45) is 0.898. The summed E-state index contributed by atoms with van der Waals surface area (Å²) in [5.41, 5.74) is 1.71. The molecule has 1 radical (unpaired) electrons. The number of nitrogens with one attached hydrogen (secondary N) is 1. The highest BCUT2D eigenvalue weighted by atomic mass is 15.3. The lowest BCUT2D eigenvalue weighted by Gasteiger charge is -1.82. The van der Waals surface area contributed by atoms with Crippen LogP contribution < -0.4 is 0 Å². The molecule has 1 aromatic rings. The zero-order chi connectivity index (χ0) is 5.98. The van der Waals surface area contributed by atoms with Gasteiger partial charge in [0.2, 0.25) is 0 Å². The van der Waals surface area contributed by atoms with Gasteiger partial charge in [-0.2, -0.15) is 15.4 Å². The Morgan fingerprint density at radius 3 is 2.62 bits per heavy atom. The van der Waals surface area contributed by atoms with E-state index in [0.29, 0.717) is 0 Å². The summed E-state index contributed by atoms with van der Waals surface area (Å²) in [7, 11) is 0. The average molecular weight is 110 g/mol. The second-order valence-electron chi connectivity index (χ2n) is 1.57. The number of rotatable bonds is 1. The van der Waals surface area contributed by atoms with Gasteiger partial charge in [0.25, 0.3) is 0 Å². The topological polar surface area (TPSA) is 41.6 Å². The van der Waals surface area contributed by atoms with Crippen LogP contribution in [0.4, 0.5) is 0 Å². The molecule has 43 valence electrons. The fourth-order valence-electron chi connectivity index (χ4n) is 0.558. The maximum absolute atomic E-state index is 3.84. The van der Waals surface area contributed by atoms with Gasteiger partial charge in [0.05, 0.1) is 11.4 Å². The molecule has 0 aromatic carbocycles. The van der Waals surface area contributed by atoms with E-state index in [2.05, 4.69) is 22.3 Å². The van der Waals surface area contributed by atoms with Crippen LogP contribution >= 0.6 is 0 Å². The molecule has 1 aromatic heterocycles. The number of aromatic amines is 1. The molecule has 1 rings (SSSR count). The third-order valence-electron chi connectivity index (χ3n) is 1.04. The lowest BCUT2D eigenvalue weighted by atomic mass is 10.3. The Labute approximate surface area is 48.1 Å². The highest BCUT2D eigenvalue weighted by molar-refractivity contribution is 5.10. The van der Waals surface area contributed by atoms with Crippen LogP contribution in [0.5, 0.6) is 0 Å². The van der Waals surface area contributed by atoms with Crippen LogP contribution in [0.1, 0.15) is 18.3 Å². The summed E-state index contributed by atoms with van der Waals surface area (Å²) in [6, 6.07) is 0. The fourth-order valence-corrected chi connectivity index (χ4v) is 0.558. The van der Waals surface area contributed by atoms with Gasteiger partial charge in [-0.05, 0) is 13.3 Å². The fraction of sp³-hybridized carbons (Fsp3) is 0.400. The van der Waals surface area contributed by atoms with E-state index in [-0.39, 0.29) is 0 Å². The molecule has 0 saturated heterocycles. The smallest absolute Gasteiger partial charge is 0.0860 e. The molecule has 0 bridgehead atoms. The van der Waals surface area contributed by atoms with Crippen molar-refractivity contribution in [3.05, 3.63) is 18.3 Å². The van der Waals surface area contributed by atoms with Crippen molar-refractivity contribution in [2.24, 2.45) is 0 Å². The van der Waals surface area contributed by atoms with Crippen molar-refractivity contribution in [3.8, 4) is 0 Å². The van der Waals surface area contributed by atoms with Gasteiger partial charge in [-0.15, -0.1) is 0 Å². The summed E-state index contributed by atoms with van der Waals surface area (Å²) in [5.74, 6) is 0. The summed E-state index contributed by atoms with van der Waals surface area (Å²) in [6.45, 7) is 5.67. The second kappa shape index (κ2) is 1.94. The SMILES string of the molecule is [CH2]c1n[nH]nc1CC. The van der Waals surface area contributed by atoms with Crippen molar-refractivity contribution in [1.82, 2.24) is 15.4 Å². The van der Waals surface area contributed by atoms with Crippen LogP contribution in [0.2, 0.25) is 0 Å². The minimum absolute atomic E-state index is 0.757. The number of hydrogen-bond donors (Lipinski definition) is 1. The van der Waals surface area contributed by atoms with E-state index in [4.69, 9.17) is 0 Å². The maximum atomic E-state index is 3.84. The Morgan fingerprint density at radius 1 is 1.62 bits per heavy atom. The number of aromatic nitrogens is 3. The van der Waals surface area contributed by atoms with Gasteiger partial charge in [-0.1, -0.05) is 6.92 Å². The molecule has 1 heterocycles. The van der Waals surface area contributed by atoms with E-state index in [9.17, 15) is 0 Å². The normalized spacial score (nSPS) is 9.75. The molecule has 0 aliphatic carbocycles. The Hall–Kier alpha value is -0.860. The summed E-state index contributed by atoms with van der Waals surface area (Å²) in [4.78, 5) is 0. The van der Waals surface area contributed by atoms with Gasteiger partial charge in [-0.25, -0.2) is 0 Å². The Kier molecular flexibility index (Phi) is 1.28. The number of nitrogens with zero attached hydrogens (tertiary/aromatic N) is 2. The molecule has 0 atom stereocenters.